The number of ether oxygens (including phenoxy) is 1. The first-order valence-corrected chi connectivity index (χ1v) is 6.70. The first-order valence-electron chi connectivity index (χ1n) is 6.70. The zero-order valence-corrected chi connectivity index (χ0v) is 12.3. The van der Waals surface area contributed by atoms with E-state index in [1.165, 1.54) is 6.07 Å². The van der Waals surface area contributed by atoms with Gasteiger partial charge in [-0.1, -0.05) is 18.2 Å². The van der Waals surface area contributed by atoms with Crippen LogP contribution in [0.1, 0.15) is 35.2 Å². The van der Waals surface area contributed by atoms with Gasteiger partial charge in [0.15, 0.2) is 11.6 Å². The lowest BCUT2D eigenvalue weighted by Crippen LogP contribution is -2.08. The van der Waals surface area contributed by atoms with E-state index in [4.69, 9.17) is 10.5 Å². The lowest BCUT2D eigenvalue weighted by Gasteiger charge is -2.17. The zero-order chi connectivity index (χ0) is 14.9. The monoisotopic (exact) mass is 273 g/mol. The fourth-order valence-electron chi connectivity index (χ4n) is 2.21. The molecule has 0 unspecified atom stereocenters. The van der Waals surface area contributed by atoms with E-state index in [0.717, 1.165) is 16.7 Å². The summed E-state index contributed by atoms with van der Waals surface area (Å²) in [5.74, 6) is 0.503. The highest BCUT2D eigenvalue weighted by molar-refractivity contribution is 5.47. The maximum Gasteiger partial charge on any atom is 0.167 e. The SMILES string of the molecule is Cc1cc(C)c(C)c(Oc2c(F)cccc2[C@H](C)N)c1. The van der Waals surface area contributed by atoms with Crippen molar-refractivity contribution in [3.63, 3.8) is 0 Å². The Kier molecular flexibility index (Phi) is 4.09. The molecule has 20 heavy (non-hydrogen) atoms. The molecule has 1 atom stereocenters. The van der Waals surface area contributed by atoms with E-state index in [1.54, 1.807) is 12.1 Å². The smallest absolute Gasteiger partial charge is 0.167 e. The number of benzene rings is 2. The predicted molar refractivity (Wildman–Crippen MR) is 79.7 cm³/mol. The Morgan fingerprint density at radius 3 is 2.50 bits per heavy atom. The van der Waals surface area contributed by atoms with E-state index in [1.807, 2.05) is 33.8 Å². The number of halogens is 1. The lowest BCUT2D eigenvalue weighted by atomic mass is 10.0. The van der Waals surface area contributed by atoms with Gasteiger partial charge in [-0.05, 0) is 56.5 Å². The molecule has 0 fully saturated rings. The molecule has 0 bridgehead atoms. The average molecular weight is 273 g/mol. The largest absolute Gasteiger partial charge is 0.454 e. The molecule has 0 aliphatic carbocycles. The van der Waals surface area contributed by atoms with Crippen LogP contribution in [0.3, 0.4) is 0 Å². The fourth-order valence-corrected chi connectivity index (χ4v) is 2.21. The third kappa shape index (κ3) is 2.83. The van der Waals surface area contributed by atoms with Crippen molar-refractivity contribution in [2.75, 3.05) is 0 Å². The third-order valence-electron chi connectivity index (χ3n) is 3.46. The normalized spacial score (nSPS) is 12.3. The van der Waals surface area contributed by atoms with Crippen LogP contribution in [-0.2, 0) is 0 Å². The molecular formula is C17H20FNO. The van der Waals surface area contributed by atoms with Crippen LogP contribution in [0.5, 0.6) is 11.5 Å². The van der Waals surface area contributed by atoms with Crippen molar-refractivity contribution in [2.24, 2.45) is 5.73 Å². The molecule has 0 aromatic heterocycles. The molecule has 0 aliphatic heterocycles. The predicted octanol–water partition coefficient (Wildman–Crippen LogP) is 4.56. The zero-order valence-electron chi connectivity index (χ0n) is 12.3. The van der Waals surface area contributed by atoms with Crippen LogP contribution in [0.25, 0.3) is 0 Å². The van der Waals surface area contributed by atoms with Crippen LogP contribution in [-0.4, -0.2) is 0 Å². The lowest BCUT2D eigenvalue weighted by molar-refractivity contribution is 0.429. The highest BCUT2D eigenvalue weighted by Gasteiger charge is 2.15. The van der Waals surface area contributed by atoms with E-state index in [9.17, 15) is 4.39 Å². The van der Waals surface area contributed by atoms with Gasteiger partial charge < -0.3 is 10.5 Å². The van der Waals surface area contributed by atoms with Gasteiger partial charge in [0, 0.05) is 11.6 Å². The van der Waals surface area contributed by atoms with Gasteiger partial charge in [0.05, 0.1) is 0 Å². The third-order valence-corrected chi connectivity index (χ3v) is 3.46. The highest BCUT2D eigenvalue weighted by atomic mass is 19.1. The fraction of sp³-hybridized carbons (Fsp3) is 0.294. The molecular weight excluding hydrogens is 253 g/mol. The topological polar surface area (TPSA) is 35.2 Å². The van der Waals surface area contributed by atoms with Crippen molar-refractivity contribution in [1.29, 1.82) is 0 Å². The molecule has 3 heteroatoms. The van der Waals surface area contributed by atoms with Gasteiger partial charge in [-0.2, -0.15) is 0 Å². The van der Waals surface area contributed by atoms with Crippen molar-refractivity contribution in [3.05, 3.63) is 58.4 Å². The van der Waals surface area contributed by atoms with Crippen molar-refractivity contribution in [2.45, 2.75) is 33.7 Å². The average Bonchev–Trinajstić information content (AvgIpc) is 2.37. The maximum absolute atomic E-state index is 14.0. The number of para-hydroxylation sites is 1. The van der Waals surface area contributed by atoms with Gasteiger partial charge >= 0.3 is 0 Å². The maximum atomic E-state index is 14.0. The van der Waals surface area contributed by atoms with Crippen molar-refractivity contribution in [1.82, 2.24) is 0 Å². The van der Waals surface area contributed by atoms with E-state index in [0.29, 0.717) is 11.3 Å². The van der Waals surface area contributed by atoms with E-state index < -0.39 is 5.82 Å². The summed E-state index contributed by atoms with van der Waals surface area (Å²) in [6.07, 6.45) is 0. The van der Waals surface area contributed by atoms with Crippen LogP contribution >= 0.6 is 0 Å². The number of aryl methyl sites for hydroxylation is 2. The summed E-state index contributed by atoms with van der Waals surface area (Å²) in [6, 6.07) is 8.54. The molecule has 0 radical (unpaired) electrons. The Labute approximate surface area is 119 Å². The molecule has 0 saturated heterocycles. The van der Waals surface area contributed by atoms with Crippen molar-refractivity contribution < 1.29 is 9.13 Å². The van der Waals surface area contributed by atoms with Gasteiger partial charge in [-0.25, -0.2) is 4.39 Å². The van der Waals surface area contributed by atoms with Gasteiger partial charge in [0.2, 0.25) is 0 Å². The second kappa shape index (κ2) is 5.63. The minimum Gasteiger partial charge on any atom is -0.454 e. The standard InChI is InChI=1S/C17H20FNO/c1-10-8-11(2)12(3)16(9-10)20-17-14(13(4)19)6-5-7-15(17)18/h5-9,13H,19H2,1-4H3/t13-/m0/s1. The van der Waals surface area contributed by atoms with Gasteiger partial charge in [-0.3, -0.25) is 0 Å². The molecule has 2 aromatic carbocycles. The molecule has 2 aromatic rings. The number of hydrogen-bond donors (Lipinski definition) is 1. The number of hydrogen-bond acceptors (Lipinski definition) is 2. The Morgan fingerprint density at radius 2 is 1.85 bits per heavy atom. The van der Waals surface area contributed by atoms with E-state index in [-0.39, 0.29) is 11.8 Å². The second-order valence-electron chi connectivity index (χ2n) is 5.25. The van der Waals surface area contributed by atoms with Crippen molar-refractivity contribution in [3.8, 4) is 11.5 Å². The molecule has 2 N–H and O–H groups in total. The van der Waals surface area contributed by atoms with Crippen LogP contribution in [0, 0.1) is 26.6 Å². The first kappa shape index (κ1) is 14.5. The van der Waals surface area contributed by atoms with Crippen LogP contribution in [0.4, 0.5) is 4.39 Å². The van der Waals surface area contributed by atoms with E-state index in [2.05, 4.69) is 6.07 Å². The Morgan fingerprint density at radius 1 is 1.15 bits per heavy atom. The second-order valence-corrected chi connectivity index (χ2v) is 5.25. The molecule has 106 valence electrons. The summed E-state index contributed by atoms with van der Waals surface area (Å²) >= 11 is 0. The number of rotatable bonds is 3. The summed E-state index contributed by atoms with van der Waals surface area (Å²) in [5.41, 5.74) is 9.78. The molecule has 2 nitrogen and oxygen atoms in total. The van der Waals surface area contributed by atoms with Gasteiger partial charge in [0.25, 0.3) is 0 Å². The van der Waals surface area contributed by atoms with Crippen LogP contribution in [0.15, 0.2) is 30.3 Å². The quantitative estimate of drug-likeness (QED) is 0.889. The summed E-state index contributed by atoms with van der Waals surface area (Å²) in [7, 11) is 0. The first-order chi connectivity index (χ1) is 9.40. The van der Waals surface area contributed by atoms with Crippen molar-refractivity contribution >= 4 is 0 Å². The molecule has 2 rings (SSSR count). The summed E-state index contributed by atoms with van der Waals surface area (Å²) in [5, 5.41) is 0. The molecule has 0 saturated carbocycles. The van der Waals surface area contributed by atoms with E-state index >= 15 is 0 Å². The Hall–Kier alpha value is -1.87. The summed E-state index contributed by atoms with van der Waals surface area (Å²) < 4.78 is 19.9. The molecule has 0 aliphatic rings. The summed E-state index contributed by atoms with van der Waals surface area (Å²) in [4.78, 5) is 0. The van der Waals surface area contributed by atoms with Crippen LogP contribution < -0.4 is 10.5 Å². The highest BCUT2D eigenvalue weighted by Crippen LogP contribution is 2.34. The minimum absolute atomic E-state index is 0.218. The van der Waals surface area contributed by atoms with Gasteiger partial charge in [-0.15, -0.1) is 0 Å². The molecule has 0 heterocycles. The van der Waals surface area contributed by atoms with Gasteiger partial charge in [0.1, 0.15) is 5.75 Å². The summed E-state index contributed by atoms with van der Waals surface area (Å²) in [6.45, 7) is 7.79. The Balaban J connectivity index is 2.50. The minimum atomic E-state index is -0.390. The Bertz CT molecular complexity index is 635. The molecule has 0 amide bonds. The number of nitrogens with two attached hydrogens (primary N) is 1. The molecule has 0 spiro atoms. The van der Waals surface area contributed by atoms with Crippen LogP contribution in [0.2, 0.25) is 0 Å².